The fourth-order valence-electron chi connectivity index (χ4n) is 1.28. The van der Waals surface area contributed by atoms with Crippen molar-refractivity contribution in [2.75, 3.05) is 59.3 Å². The van der Waals surface area contributed by atoms with E-state index in [4.69, 9.17) is 19.9 Å². The predicted molar refractivity (Wildman–Crippen MR) is 75.8 cm³/mol. The number of ether oxygens (including phenoxy) is 4. The number of hydrogen-bond acceptors (Lipinski definition) is 6. The molecule has 0 rings (SSSR count). The van der Waals surface area contributed by atoms with Crippen molar-refractivity contribution in [3.8, 4) is 0 Å². The molecule has 0 aliphatic rings. The molecule has 7 nitrogen and oxygen atoms in total. The number of nitrogens with two attached hydrogens (primary N) is 1. The van der Waals surface area contributed by atoms with Crippen molar-refractivity contribution in [2.45, 2.75) is 19.8 Å². The van der Waals surface area contributed by atoms with Gasteiger partial charge in [0.25, 0.3) is 0 Å². The number of primary amides is 1. The second kappa shape index (κ2) is 16.2. The summed E-state index contributed by atoms with van der Waals surface area (Å²) in [6, 6.07) is 0. The van der Waals surface area contributed by atoms with Gasteiger partial charge in [0, 0.05) is 19.7 Å². The third-order valence-electron chi connectivity index (χ3n) is 2.33. The summed E-state index contributed by atoms with van der Waals surface area (Å²) in [5.41, 5.74) is 4.81. The maximum absolute atomic E-state index is 10.3. The fraction of sp³-hybridized carbons (Fsp3) is 0.923. The highest BCUT2D eigenvalue weighted by Gasteiger charge is 1.94. The maximum Gasteiger partial charge on any atom is 0.404 e. The molecule has 0 spiro atoms. The van der Waals surface area contributed by atoms with Crippen LogP contribution in [-0.4, -0.2) is 65.4 Å². The molecule has 0 fully saturated rings. The van der Waals surface area contributed by atoms with Crippen LogP contribution in [-0.2, 0) is 18.9 Å². The number of hydrogen-bond donors (Lipinski definition) is 2. The summed E-state index contributed by atoms with van der Waals surface area (Å²) < 4.78 is 20.6. The molecule has 3 N–H and O–H groups in total. The van der Waals surface area contributed by atoms with Crippen molar-refractivity contribution in [1.29, 1.82) is 0 Å². The second-order valence-corrected chi connectivity index (χ2v) is 4.11. The van der Waals surface area contributed by atoms with Gasteiger partial charge < -0.3 is 30.0 Å². The summed E-state index contributed by atoms with van der Waals surface area (Å²) in [7, 11) is 0. The quantitative estimate of drug-likeness (QED) is 0.428. The minimum atomic E-state index is -0.751. The van der Waals surface area contributed by atoms with E-state index < -0.39 is 6.09 Å². The number of nitrogens with one attached hydrogen (secondary N) is 1. The van der Waals surface area contributed by atoms with E-state index in [1.54, 1.807) is 0 Å². The molecule has 1 amide bonds. The van der Waals surface area contributed by atoms with Crippen LogP contribution < -0.4 is 11.1 Å². The molecule has 0 heterocycles. The topological polar surface area (TPSA) is 92.0 Å². The highest BCUT2D eigenvalue weighted by molar-refractivity contribution is 5.64. The van der Waals surface area contributed by atoms with Gasteiger partial charge in [-0.25, -0.2) is 4.79 Å². The lowest BCUT2D eigenvalue weighted by Gasteiger charge is -2.07. The monoisotopic (exact) mass is 292 g/mol. The first-order valence-corrected chi connectivity index (χ1v) is 7.13. The van der Waals surface area contributed by atoms with E-state index in [0.717, 1.165) is 19.4 Å². The van der Waals surface area contributed by atoms with Crippen molar-refractivity contribution in [1.82, 2.24) is 5.32 Å². The van der Waals surface area contributed by atoms with Gasteiger partial charge in [-0.15, -0.1) is 0 Å². The zero-order valence-corrected chi connectivity index (χ0v) is 12.4. The summed E-state index contributed by atoms with van der Waals surface area (Å²) >= 11 is 0. The molecule has 0 bridgehead atoms. The van der Waals surface area contributed by atoms with E-state index in [0.29, 0.717) is 46.1 Å². The standard InChI is InChI=1S/C13H28N2O5/c1-2-3-6-17-9-11-19-12-10-18-7-4-15-5-8-20-13(14)16/h15H,2-12H2,1H3,(H2,14,16). The molecule has 0 aliphatic heterocycles. The molecule has 0 saturated carbocycles. The Morgan fingerprint density at radius 3 is 2.05 bits per heavy atom. The van der Waals surface area contributed by atoms with Gasteiger partial charge in [-0.1, -0.05) is 13.3 Å². The van der Waals surface area contributed by atoms with E-state index in [9.17, 15) is 4.79 Å². The van der Waals surface area contributed by atoms with Crippen LogP contribution in [0.15, 0.2) is 0 Å². The predicted octanol–water partition coefficient (Wildman–Crippen LogP) is 0.521. The molecule has 0 radical (unpaired) electrons. The van der Waals surface area contributed by atoms with Crippen LogP contribution in [0.2, 0.25) is 0 Å². The van der Waals surface area contributed by atoms with E-state index in [1.807, 2.05) is 0 Å². The van der Waals surface area contributed by atoms with Gasteiger partial charge in [-0.2, -0.15) is 0 Å². The molecule has 0 aliphatic carbocycles. The lowest BCUT2D eigenvalue weighted by molar-refractivity contribution is 0.0146. The molecule has 0 aromatic heterocycles. The largest absolute Gasteiger partial charge is 0.448 e. The molecular weight excluding hydrogens is 264 g/mol. The Kier molecular flexibility index (Phi) is 15.4. The number of unbranched alkanes of at least 4 members (excludes halogenated alkanes) is 1. The van der Waals surface area contributed by atoms with Gasteiger partial charge in [0.05, 0.1) is 33.0 Å². The van der Waals surface area contributed by atoms with Crippen LogP contribution in [0.3, 0.4) is 0 Å². The lowest BCUT2D eigenvalue weighted by atomic mass is 10.4. The first-order chi connectivity index (χ1) is 9.77. The zero-order chi connectivity index (χ0) is 14.9. The molecule has 0 saturated heterocycles. The molecular formula is C13H28N2O5. The molecule has 7 heteroatoms. The van der Waals surface area contributed by atoms with Gasteiger partial charge in [0.15, 0.2) is 0 Å². The fourth-order valence-corrected chi connectivity index (χ4v) is 1.28. The van der Waals surface area contributed by atoms with Gasteiger partial charge in [0.1, 0.15) is 6.61 Å². The minimum Gasteiger partial charge on any atom is -0.448 e. The molecule has 20 heavy (non-hydrogen) atoms. The highest BCUT2D eigenvalue weighted by Crippen LogP contribution is 1.87. The Morgan fingerprint density at radius 1 is 0.900 bits per heavy atom. The van der Waals surface area contributed by atoms with Crippen LogP contribution in [0.25, 0.3) is 0 Å². The molecule has 0 aromatic rings. The SMILES string of the molecule is CCCCOCCOCCOCCNCCOC(N)=O. The van der Waals surface area contributed by atoms with Crippen molar-refractivity contribution in [3.63, 3.8) is 0 Å². The number of rotatable bonds is 15. The van der Waals surface area contributed by atoms with Crippen molar-refractivity contribution in [2.24, 2.45) is 5.73 Å². The first kappa shape index (κ1) is 19.1. The first-order valence-electron chi connectivity index (χ1n) is 7.13. The van der Waals surface area contributed by atoms with Gasteiger partial charge in [-0.3, -0.25) is 0 Å². The number of carbonyl (C=O) groups excluding carboxylic acids is 1. The summed E-state index contributed by atoms with van der Waals surface area (Å²) in [6.45, 7) is 7.45. The Balaban J connectivity index is 2.94. The Bertz CT molecular complexity index is 217. The number of carbonyl (C=O) groups is 1. The third-order valence-corrected chi connectivity index (χ3v) is 2.33. The summed E-state index contributed by atoms with van der Waals surface area (Å²) in [4.78, 5) is 10.3. The van der Waals surface area contributed by atoms with Gasteiger partial charge in [-0.05, 0) is 6.42 Å². The Hall–Kier alpha value is -0.890. The van der Waals surface area contributed by atoms with Crippen molar-refractivity contribution in [3.05, 3.63) is 0 Å². The van der Waals surface area contributed by atoms with Gasteiger partial charge >= 0.3 is 6.09 Å². The summed E-state index contributed by atoms with van der Waals surface area (Å²) in [5, 5.41) is 3.05. The van der Waals surface area contributed by atoms with E-state index >= 15 is 0 Å². The summed E-state index contributed by atoms with van der Waals surface area (Å²) in [5.74, 6) is 0. The van der Waals surface area contributed by atoms with Crippen LogP contribution in [0, 0.1) is 0 Å². The van der Waals surface area contributed by atoms with Crippen molar-refractivity contribution >= 4 is 6.09 Å². The smallest absolute Gasteiger partial charge is 0.404 e. The van der Waals surface area contributed by atoms with Crippen LogP contribution in [0.5, 0.6) is 0 Å². The average molecular weight is 292 g/mol. The molecule has 0 atom stereocenters. The van der Waals surface area contributed by atoms with E-state index in [-0.39, 0.29) is 6.61 Å². The molecule has 0 unspecified atom stereocenters. The second-order valence-electron chi connectivity index (χ2n) is 4.11. The minimum absolute atomic E-state index is 0.274. The third kappa shape index (κ3) is 17.1. The Morgan fingerprint density at radius 2 is 1.45 bits per heavy atom. The maximum atomic E-state index is 10.3. The van der Waals surface area contributed by atoms with Crippen LogP contribution in [0.4, 0.5) is 4.79 Å². The van der Waals surface area contributed by atoms with Crippen LogP contribution in [0.1, 0.15) is 19.8 Å². The van der Waals surface area contributed by atoms with Crippen molar-refractivity contribution < 1.29 is 23.7 Å². The molecule has 120 valence electrons. The number of amides is 1. The highest BCUT2D eigenvalue weighted by atomic mass is 16.5. The zero-order valence-electron chi connectivity index (χ0n) is 12.4. The van der Waals surface area contributed by atoms with E-state index in [1.165, 1.54) is 0 Å². The van der Waals surface area contributed by atoms with Gasteiger partial charge in [0.2, 0.25) is 0 Å². The average Bonchev–Trinajstić information content (AvgIpc) is 2.43. The summed E-state index contributed by atoms with van der Waals surface area (Å²) in [6.07, 6.45) is 1.50. The molecule has 0 aromatic carbocycles. The lowest BCUT2D eigenvalue weighted by Crippen LogP contribution is -2.26. The normalized spacial score (nSPS) is 10.7. The van der Waals surface area contributed by atoms with E-state index in [2.05, 4.69) is 17.0 Å². The van der Waals surface area contributed by atoms with Crippen LogP contribution >= 0.6 is 0 Å². The Labute approximate surface area is 121 Å².